The van der Waals surface area contributed by atoms with Gasteiger partial charge >= 0.3 is 6.03 Å². The van der Waals surface area contributed by atoms with Crippen LogP contribution in [0.2, 0.25) is 0 Å². The third-order valence-electron chi connectivity index (χ3n) is 7.96. The van der Waals surface area contributed by atoms with E-state index in [-0.39, 0.29) is 11.6 Å². The average Bonchev–Trinajstić information content (AvgIpc) is 3.28. The fourth-order valence-electron chi connectivity index (χ4n) is 6.82. The number of hydrogen-bond donors (Lipinski definition) is 0. The summed E-state index contributed by atoms with van der Waals surface area (Å²) in [6.07, 6.45) is 14.9. The van der Waals surface area contributed by atoms with E-state index >= 15 is 0 Å². The number of rotatable bonds is 3. The van der Waals surface area contributed by atoms with Gasteiger partial charge in [-0.2, -0.15) is 0 Å². The van der Waals surface area contributed by atoms with Crippen molar-refractivity contribution >= 4 is 6.03 Å². The molecule has 4 fully saturated rings. The van der Waals surface area contributed by atoms with E-state index in [0.29, 0.717) is 0 Å². The molecule has 0 radical (unpaired) electrons. The summed E-state index contributed by atoms with van der Waals surface area (Å²) < 4.78 is 1.67. The van der Waals surface area contributed by atoms with Crippen molar-refractivity contribution < 1.29 is 4.79 Å². The predicted molar refractivity (Wildman–Crippen MR) is 120 cm³/mol. The van der Waals surface area contributed by atoms with Gasteiger partial charge in [0, 0.05) is 42.3 Å². The first-order valence-corrected chi connectivity index (χ1v) is 11.4. The van der Waals surface area contributed by atoms with Crippen LogP contribution in [0.25, 0.3) is 22.4 Å². The molecule has 0 N–H and O–H groups in total. The van der Waals surface area contributed by atoms with Crippen LogP contribution >= 0.6 is 0 Å². The maximum atomic E-state index is 13.4. The first-order valence-electron chi connectivity index (χ1n) is 11.4. The van der Waals surface area contributed by atoms with Crippen LogP contribution < -0.4 is 0 Å². The van der Waals surface area contributed by atoms with Crippen LogP contribution in [0.5, 0.6) is 0 Å². The monoisotopic (exact) mass is 412 g/mol. The Morgan fingerprint density at radius 1 is 1.00 bits per heavy atom. The average molecular weight is 413 g/mol. The van der Waals surface area contributed by atoms with Crippen molar-refractivity contribution in [3.05, 3.63) is 61.3 Å². The van der Waals surface area contributed by atoms with Gasteiger partial charge in [-0.15, -0.1) is 0 Å². The Morgan fingerprint density at radius 3 is 2.35 bits per heavy atom. The molecule has 0 aliphatic heterocycles. The second-order valence-electron chi connectivity index (χ2n) is 9.97. The minimum absolute atomic E-state index is 0.0455. The summed E-state index contributed by atoms with van der Waals surface area (Å²) in [6.45, 7) is 0. The lowest BCUT2D eigenvalue weighted by atomic mass is 9.52. The molecular weight excluding hydrogens is 384 g/mol. The molecule has 0 spiro atoms. The van der Waals surface area contributed by atoms with E-state index < -0.39 is 0 Å². The van der Waals surface area contributed by atoms with Gasteiger partial charge in [0.05, 0.1) is 5.69 Å². The Morgan fingerprint density at radius 2 is 1.68 bits per heavy atom. The number of benzene rings is 1. The van der Waals surface area contributed by atoms with Crippen LogP contribution in [-0.4, -0.2) is 38.1 Å². The van der Waals surface area contributed by atoms with Gasteiger partial charge in [0.15, 0.2) is 0 Å². The zero-order valence-electron chi connectivity index (χ0n) is 17.9. The highest BCUT2D eigenvalue weighted by atomic mass is 16.2. The quantitative estimate of drug-likeness (QED) is 0.572. The molecule has 31 heavy (non-hydrogen) atoms. The second kappa shape index (κ2) is 7.04. The second-order valence-corrected chi connectivity index (χ2v) is 9.97. The summed E-state index contributed by atoms with van der Waals surface area (Å²) in [7, 11) is 2.01. The van der Waals surface area contributed by atoms with Gasteiger partial charge in [-0.1, -0.05) is 24.3 Å². The molecule has 4 saturated carbocycles. The smallest absolute Gasteiger partial charge is 0.321 e. The van der Waals surface area contributed by atoms with Crippen molar-refractivity contribution in [2.45, 2.75) is 44.1 Å². The molecule has 158 valence electrons. The molecule has 1 amide bonds. The molecule has 0 saturated heterocycles. The molecule has 0 atom stereocenters. The van der Waals surface area contributed by atoms with Crippen LogP contribution in [0, 0.1) is 17.8 Å². The maximum absolute atomic E-state index is 13.4. The molecule has 4 aliphatic carbocycles. The molecule has 4 aliphatic rings. The highest BCUT2D eigenvalue weighted by Gasteiger charge is 2.54. The van der Waals surface area contributed by atoms with Crippen molar-refractivity contribution in [3.63, 3.8) is 0 Å². The molecule has 7 rings (SSSR count). The third-order valence-corrected chi connectivity index (χ3v) is 7.96. The maximum Gasteiger partial charge on any atom is 0.329 e. The van der Waals surface area contributed by atoms with E-state index in [2.05, 4.69) is 33.1 Å². The minimum Gasteiger partial charge on any atom is -0.321 e. The van der Waals surface area contributed by atoms with Gasteiger partial charge in [-0.05, 0) is 74.0 Å². The Balaban J connectivity index is 1.25. The zero-order chi connectivity index (χ0) is 21.0. The lowest BCUT2D eigenvalue weighted by molar-refractivity contribution is -0.0620. The van der Waals surface area contributed by atoms with Crippen LogP contribution in [0.1, 0.15) is 38.5 Å². The van der Waals surface area contributed by atoms with E-state index in [4.69, 9.17) is 0 Å². The van der Waals surface area contributed by atoms with Gasteiger partial charge in [-0.3, -0.25) is 9.55 Å². The summed E-state index contributed by atoms with van der Waals surface area (Å²) in [5, 5.41) is 0. The van der Waals surface area contributed by atoms with Crippen LogP contribution in [0.15, 0.2) is 61.3 Å². The molecular formula is C26H28N4O. The van der Waals surface area contributed by atoms with E-state index in [9.17, 15) is 4.79 Å². The fraction of sp³-hybridized carbons (Fsp3) is 0.423. The van der Waals surface area contributed by atoms with Crippen LogP contribution in [0.3, 0.4) is 0 Å². The fourth-order valence-corrected chi connectivity index (χ4v) is 6.82. The van der Waals surface area contributed by atoms with E-state index in [0.717, 1.165) is 40.1 Å². The zero-order valence-corrected chi connectivity index (χ0v) is 17.9. The van der Waals surface area contributed by atoms with Crippen LogP contribution in [-0.2, 0) is 0 Å². The number of carbonyl (C=O) groups excluding carboxylic acids is 1. The van der Waals surface area contributed by atoms with Gasteiger partial charge < -0.3 is 4.90 Å². The number of aromatic nitrogens is 3. The number of hydrogen-bond acceptors (Lipinski definition) is 3. The molecule has 4 bridgehead atoms. The summed E-state index contributed by atoms with van der Waals surface area (Å²) in [6, 6.07) is 12.3. The minimum atomic E-state index is 0.0455. The molecule has 2 aromatic heterocycles. The summed E-state index contributed by atoms with van der Waals surface area (Å²) in [5.74, 6) is 2.44. The molecule has 0 unspecified atom stereocenters. The summed E-state index contributed by atoms with van der Waals surface area (Å²) in [5.41, 5.74) is 4.04. The highest BCUT2D eigenvalue weighted by molar-refractivity contribution is 5.79. The molecule has 5 nitrogen and oxygen atoms in total. The van der Waals surface area contributed by atoms with Crippen molar-refractivity contribution in [1.29, 1.82) is 0 Å². The Hall–Kier alpha value is -2.95. The van der Waals surface area contributed by atoms with Crippen molar-refractivity contribution in [3.8, 4) is 22.4 Å². The van der Waals surface area contributed by atoms with Gasteiger partial charge in [0.25, 0.3) is 0 Å². The van der Waals surface area contributed by atoms with Gasteiger partial charge in [-0.25, -0.2) is 9.78 Å². The Labute approximate surface area is 183 Å². The predicted octanol–water partition coefficient (Wildman–Crippen LogP) is 5.48. The van der Waals surface area contributed by atoms with Crippen molar-refractivity contribution in [1.82, 2.24) is 19.4 Å². The standard InChI is InChI=1S/C26H28N4O/c1-29(26-12-18-8-19(13-26)10-20(9-18)14-26)25(31)30-16-24(28-17-30)22-5-2-4-21(11-22)23-6-3-7-27-15-23/h2-7,11,15-20H,8-10,12-14H2,1H3. The van der Waals surface area contributed by atoms with Crippen molar-refractivity contribution in [2.75, 3.05) is 7.05 Å². The van der Waals surface area contributed by atoms with Gasteiger partial charge in [0.1, 0.15) is 6.33 Å². The number of carbonyl (C=O) groups is 1. The summed E-state index contributed by atoms with van der Waals surface area (Å²) in [4.78, 5) is 24.3. The van der Waals surface area contributed by atoms with Crippen molar-refractivity contribution in [2.24, 2.45) is 17.8 Å². The Bertz CT molecular complexity index is 1080. The first-order chi connectivity index (χ1) is 15.1. The number of pyridine rings is 1. The SMILES string of the molecule is CN(C(=O)n1cnc(-c2cccc(-c3cccnc3)c2)c1)C12CC3CC(CC(C3)C1)C2. The first kappa shape index (κ1) is 18.8. The number of imidazole rings is 1. The van der Waals surface area contributed by atoms with Gasteiger partial charge in [0.2, 0.25) is 0 Å². The highest BCUT2D eigenvalue weighted by Crippen LogP contribution is 2.57. The molecule has 3 aromatic rings. The number of nitrogens with zero attached hydrogens (tertiary/aromatic N) is 4. The lowest BCUT2D eigenvalue weighted by Gasteiger charge is -2.59. The van der Waals surface area contributed by atoms with E-state index in [1.54, 1.807) is 17.1 Å². The van der Waals surface area contributed by atoms with Crippen LogP contribution in [0.4, 0.5) is 4.79 Å². The summed E-state index contributed by atoms with van der Waals surface area (Å²) >= 11 is 0. The number of amides is 1. The molecule has 1 aromatic carbocycles. The van der Waals surface area contributed by atoms with E-state index in [1.807, 2.05) is 37.6 Å². The third kappa shape index (κ3) is 3.18. The van der Waals surface area contributed by atoms with E-state index in [1.165, 1.54) is 38.5 Å². The largest absolute Gasteiger partial charge is 0.329 e. The topological polar surface area (TPSA) is 51.0 Å². The molecule has 5 heteroatoms. The normalized spacial score (nSPS) is 28.6. The lowest BCUT2D eigenvalue weighted by Crippen LogP contribution is -2.60. The molecule has 2 heterocycles. The Kier molecular flexibility index (Phi) is 4.27.